The van der Waals surface area contributed by atoms with E-state index in [0.717, 1.165) is 46.9 Å². The molecule has 0 saturated heterocycles. The Kier molecular flexibility index (Phi) is 7.07. The smallest absolute Gasteiger partial charge is 0.336 e. The summed E-state index contributed by atoms with van der Waals surface area (Å²) in [5.74, 6) is -1.85. The van der Waals surface area contributed by atoms with Crippen LogP contribution >= 0.6 is 11.8 Å². The fourth-order valence-electron chi connectivity index (χ4n) is 5.08. The number of hydrogen-bond donors (Lipinski definition) is 0. The molecule has 0 aliphatic heterocycles. The number of halogens is 4. The van der Waals surface area contributed by atoms with Crippen LogP contribution in [0.5, 0.6) is 0 Å². The molecule has 5 rings (SSSR count). The van der Waals surface area contributed by atoms with Crippen LogP contribution in [0.25, 0.3) is 11.1 Å². The molecule has 4 aromatic rings. The maximum atomic E-state index is 14.8. The van der Waals surface area contributed by atoms with Gasteiger partial charge in [-0.3, -0.25) is 9.59 Å². The van der Waals surface area contributed by atoms with Crippen LogP contribution < -0.4 is 5.56 Å². The van der Waals surface area contributed by atoms with Gasteiger partial charge in [-0.25, -0.2) is 4.39 Å². The monoisotopic (exact) mass is 693 g/mol. The Morgan fingerprint density at radius 1 is 1.00 bits per heavy atom. The third-order valence-corrected chi connectivity index (χ3v) is 8.58. The zero-order valence-corrected chi connectivity index (χ0v) is 27.1. The maximum Gasteiger partial charge on any atom is 0.416 e. The number of carbonyl (C=O) groups excluding carboxylic acids is 1. The molecule has 254 valence electrons. The van der Waals surface area contributed by atoms with E-state index in [1.165, 1.54) is 24.3 Å². The van der Waals surface area contributed by atoms with Gasteiger partial charge in [-0.2, -0.15) is 18.2 Å². The number of amides is 1. The van der Waals surface area contributed by atoms with Crippen LogP contribution in [0.3, 0.4) is 0 Å². The lowest BCUT2D eigenvalue weighted by atomic mass is 9.98. The Bertz CT molecular complexity index is 2370. The number of likely N-dealkylation sites (N-methyl/N-ethyl adjacent to an activating group) is 1. The van der Waals surface area contributed by atoms with E-state index in [0.29, 0.717) is 12.0 Å². The summed E-state index contributed by atoms with van der Waals surface area (Å²) in [6.45, 7) is -7.09. The van der Waals surface area contributed by atoms with Gasteiger partial charge in [-0.05, 0) is 85.2 Å². The molecule has 0 fully saturated rings. The van der Waals surface area contributed by atoms with Crippen molar-refractivity contribution in [2.24, 2.45) is 0 Å². The number of alkyl halides is 3. The summed E-state index contributed by atoms with van der Waals surface area (Å²) in [5.41, 5.74) is -4.25. The number of aromatic nitrogens is 2. The second-order valence-electron chi connectivity index (χ2n) is 10.8. The highest BCUT2D eigenvalue weighted by Gasteiger charge is 2.32. The molecule has 0 spiro atoms. The first-order valence-electron chi connectivity index (χ1n) is 21.4. The van der Waals surface area contributed by atoms with Crippen molar-refractivity contribution in [1.29, 1.82) is 0 Å². The van der Waals surface area contributed by atoms with Gasteiger partial charge in [-0.1, -0.05) is 74.0 Å². The molecule has 0 saturated carbocycles. The normalized spacial score (nSPS) is 17.6. The Labute approximate surface area is 301 Å². The van der Waals surface area contributed by atoms with Gasteiger partial charge >= 0.3 is 6.18 Å². The predicted molar refractivity (Wildman–Crippen MR) is 181 cm³/mol. The molecular formula is C37H40F4N4O2S. The van der Waals surface area contributed by atoms with Crippen LogP contribution in [0, 0.1) is 12.7 Å². The second-order valence-corrected chi connectivity index (χ2v) is 11.7. The molecule has 0 bridgehead atoms. The highest BCUT2D eigenvalue weighted by Crippen LogP contribution is 2.34. The summed E-state index contributed by atoms with van der Waals surface area (Å²) in [4.78, 5) is 33.5. The molecule has 11 heteroatoms. The Balaban J connectivity index is 1.67. The lowest BCUT2D eigenvalue weighted by molar-refractivity contribution is -0.138. The lowest BCUT2D eigenvalue weighted by Crippen LogP contribution is -2.40. The van der Waals surface area contributed by atoms with Crippen molar-refractivity contribution in [2.75, 3.05) is 26.1 Å². The predicted octanol–water partition coefficient (Wildman–Crippen LogP) is 7.53. The Hall–Kier alpha value is -3.96. The van der Waals surface area contributed by atoms with Crippen molar-refractivity contribution >= 4 is 17.7 Å². The van der Waals surface area contributed by atoms with E-state index in [-0.39, 0.29) is 35.0 Å². The molecule has 6 nitrogen and oxygen atoms in total. The minimum atomic E-state index is -5.14. The molecule has 0 N–H and O–H groups in total. The van der Waals surface area contributed by atoms with Gasteiger partial charge in [0.1, 0.15) is 12.3 Å². The Morgan fingerprint density at radius 3 is 2.35 bits per heavy atom. The van der Waals surface area contributed by atoms with Gasteiger partial charge in [-0.15, -0.1) is 0 Å². The summed E-state index contributed by atoms with van der Waals surface area (Å²) in [6.07, 6.45) is -4.35. The van der Waals surface area contributed by atoms with E-state index in [4.69, 9.17) is 15.1 Å². The largest absolute Gasteiger partial charge is 0.416 e. The van der Waals surface area contributed by atoms with Gasteiger partial charge in [0, 0.05) is 42.1 Å². The fraction of sp³-hybridized carbons (Fsp3) is 0.378. The topological polar surface area (TPSA) is 58.4 Å². The molecule has 1 amide bonds. The quantitative estimate of drug-likeness (QED) is 0.0824. The molecule has 48 heavy (non-hydrogen) atoms. The highest BCUT2D eigenvalue weighted by molar-refractivity contribution is 7.98. The maximum absolute atomic E-state index is 14.8. The zero-order chi connectivity index (χ0) is 45.9. The van der Waals surface area contributed by atoms with Crippen LogP contribution in [-0.2, 0) is 42.6 Å². The molecular weight excluding hydrogens is 640 g/mol. The molecule has 0 unspecified atom stereocenters. The average molecular weight is 694 g/mol. The molecule has 1 aliphatic rings. The molecule has 0 radical (unpaired) electrons. The zero-order valence-electron chi connectivity index (χ0n) is 39.3. The number of thioether (sulfide) groups is 1. The summed E-state index contributed by atoms with van der Waals surface area (Å²) in [5, 5.41) is -0.226. The standard InChI is InChI=1S/C37H40F4N4O2S/c1-4-43(5-2)19-20-44(22-26-9-13-28(14-10-26)29-15-18-32(25(3)21-29)37(39,40)41)34(46)23-45-33-8-6-7-31(33)35(47)42-36(45)48-24-27-11-16-30(38)17-12-27/h9-18,21H,4-8,19-20,22-24H2,1-3H3/i4D2,5D2,9D,10D,13D,14D,15D,18D,21D,23D2. The lowest BCUT2D eigenvalue weighted by Gasteiger charge is -2.28. The summed E-state index contributed by atoms with van der Waals surface area (Å²) < 4.78 is 168. The summed E-state index contributed by atoms with van der Waals surface area (Å²) >= 11 is 0.881. The first kappa shape index (κ1) is 21.9. The third kappa shape index (κ3) is 8.54. The average Bonchev–Trinajstić information content (AvgIpc) is 3.64. The minimum absolute atomic E-state index is 0.0567. The molecule has 1 aromatic heterocycles. The van der Waals surface area contributed by atoms with Crippen LogP contribution in [0.1, 0.15) is 71.6 Å². The number of fused-ring (bicyclic) bond motifs is 1. The number of carbonyl (C=O) groups is 1. The van der Waals surface area contributed by atoms with Crippen molar-refractivity contribution < 1.29 is 40.2 Å². The minimum Gasteiger partial charge on any atom is -0.336 e. The third-order valence-electron chi connectivity index (χ3n) is 7.57. The van der Waals surface area contributed by atoms with E-state index >= 15 is 0 Å². The number of benzene rings is 3. The highest BCUT2D eigenvalue weighted by atomic mass is 32.2. The fourth-order valence-corrected chi connectivity index (χ4v) is 6.00. The first-order chi connectivity index (χ1) is 28.0. The number of hydrogen-bond acceptors (Lipinski definition) is 5. The number of nitrogens with zero attached hydrogens (tertiary/aromatic N) is 4. The van der Waals surface area contributed by atoms with Crippen molar-refractivity contribution in [3.63, 3.8) is 0 Å². The summed E-state index contributed by atoms with van der Waals surface area (Å²) in [7, 11) is 0. The van der Waals surface area contributed by atoms with Crippen LogP contribution in [0.4, 0.5) is 17.6 Å². The van der Waals surface area contributed by atoms with E-state index in [1.54, 1.807) is 0 Å². The van der Waals surface area contributed by atoms with Gasteiger partial charge in [0.05, 0.1) is 17.9 Å². The van der Waals surface area contributed by atoms with Crippen LogP contribution in [0.2, 0.25) is 0 Å². The number of rotatable bonds is 13. The first-order valence-corrected chi connectivity index (χ1v) is 15.9. The second kappa shape index (κ2) is 15.5. The van der Waals surface area contributed by atoms with E-state index < -0.39 is 133 Å². The summed E-state index contributed by atoms with van der Waals surface area (Å²) in [6, 6.07) is -1.87. The van der Waals surface area contributed by atoms with E-state index in [1.807, 2.05) is 0 Å². The van der Waals surface area contributed by atoms with Crippen LogP contribution in [0.15, 0.2) is 76.5 Å². The van der Waals surface area contributed by atoms with Crippen LogP contribution in [-0.4, -0.2) is 51.3 Å². The van der Waals surface area contributed by atoms with Gasteiger partial charge in [0.25, 0.3) is 5.56 Å². The van der Waals surface area contributed by atoms with Crippen molar-refractivity contribution in [3.05, 3.63) is 116 Å². The Morgan fingerprint density at radius 2 is 1.69 bits per heavy atom. The SMILES string of the molecule is [2H]c1c([2H])c(-c2c([2H])c([2H])c(C(F)(F)F)c(C)c2[2H])c([2H])c([2H])c1CN(CCN(C([2H])([2H])C)C([2H])([2H])C)C(=O)C([2H])([2H])n1c(SCc2ccc(F)cc2)nc(=O)c2c1CCC2. The van der Waals surface area contributed by atoms with Gasteiger partial charge in [0.15, 0.2) is 5.16 Å². The molecule has 1 heterocycles. The van der Waals surface area contributed by atoms with Crippen molar-refractivity contribution in [2.45, 2.75) is 70.2 Å². The van der Waals surface area contributed by atoms with Gasteiger partial charge < -0.3 is 14.4 Å². The molecule has 1 aliphatic carbocycles. The molecule has 3 aromatic carbocycles. The van der Waals surface area contributed by atoms with Gasteiger partial charge in [0.2, 0.25) is 5.91 Å². The van der Waals surface area contributed by atoms with E-state index in [2.05, 4.69) is 4.98 Å². The van der Waals surface area contributed by atoms with Crippen molar-refractivity contribution in [1.82, 2.24) is 19.4 Å². The van der Waals surface area contributed by atoms with E-state index in [9.17, 15) is 29.9 Å². The van der Waals surface area contributed by atoms with Crippen molar-refractivity contribution in [3.8, 4) is 11.1 Å². The molecule has 0 atom stereocenters.